The molecular formula is C51H65N3O11S2. The molecule has 67 heavy (non-hydrogen) atoms. The number of fused-ring (bicyclic) bond motifs is 2. The minimum atomic E-state index is -4.48. The van der Waals surface area contributed by atoms with Crippen molar-refractivity contribution in [3.8, 4) is 11.5 Å². The van der Waals surface area contributed by atoms with Crippen LogP contribution in [0.25, 0.3) is 0 Å². The van der Waals surface area contributed by atoms with Crippen molar-refractivity contribution in [2.75, 3.05) is 24.5 Å². The maximum Gasteiger partial charge on any atom is 0.303 e. The van der Waals surface area contributed by atoms with Crippen molar-refractivity contribution in [1.82, 2.24) is 5.32 Å². The number of aryl methyl sites for hydroxylation is 1. The summed E-state index contributed by atoms with van der Waals surface area (Å²) in [5.41, 5.74) is 5.18. The number of carboxylic acid groups (broad SMARTS) is 1. The zero-order chi connectivity index (χ0) is 49.7. The van der Waals surface area contributed by atoms with Crippen molar-refractivity contribution in [3.05, 3.63) is 124 Å². The summed E-state index contributed by atoms with van der Waals surface area (Å²) in [6.45, 7) is 18.2. The summed E-state index contributed by atoms with van der Waals surface area (Å²) in [6.07, 6.45) is 16.5. The minimum absolute atomic E-state index is 0.0810. The Kier molecular flexibility index (Phi) is 16.2. The molecule has 3 aromatic rings. The first-order valence-corrected chi connectivity index (χ1v) is 25.4. The van der Waals surface area contributed by atoms with E-state index in [4.69, 9.17) is 14.8 Å². The molecule has 1 unspecified atom stereocenters. The fourth-order valence-corrected chi connectivity index (χ4v) is 9.88. The van der Waals surface area contributed by atoms with Crippen LogP contribution in [0.5, 0.6) is 11.5 Å². The number of aromatic hydroxyl groups is 1. The van der Waals surface area contributed by atoms with Gasteiger partial charge in [0, 0.05) is 66.0 Å². The summed E-state index contributed by atoms with van der Waals surface area (Å²) < 4.78 is 74.5. The van der Waals surface area contributed by atoms with Gasteiger partial charge < -0.3 is 25.2 Å². The topological polar surface area (TPSA) is 220 Å². The van der Waals surface area contributed by atoms with Crippen LogP contribution in [0.1, 0.15) is 112 Å². The third-order valence-electron chi connectivity index (χ3n) is 13.1. The first kappa shape index (κ1) is 52.4. The van der Waals surface area contributed by atoms with Crippen molar-refractivity contribution in [2.24, 2.45) is 4.99 Å². The van der Waals surface area contributed by atoms with Gasteiger partial charge >= 0.3 is 5.97 Å². The molecular weight excluding hydrogens is 895 g/mol. The number of unbranched alkanes of at least 4 members (excludes halogenated alkanes) is 2. The van der Waals surface area contributed by atoms with Gasteiger partial charge in [0.25, 0.3) is 26.1 Å². The number of ether oxygens (including phenoxy) is 1. The zero-order valence-corrected chi connectivity index (χ0v) is 41.6. The molecule has 2 aliphatic rings. The monoisotopic (exact) mass is 959 g/mol. The number of phenols is 1. The lowest BCUT2D eigenvalue weighted by molar-refractivity contribution is -0.137. The van der Waals surface area contributed by atoms with Crippen molar-refractivity contribution in [2.45, 2.75) is 133 Å². The van der Waals surface area contributed by atoms with Gasteiger partial charge in [0.05, 0.1) is 9.79 Å². The van der Waals surface area contributed by atoms with Crippen LogP contribution in [0.2, 0.25) is 0 Å². The van der Waals surface area contributed by atoms with Crippen LogP contribution in [0, 0.1) is 27.7 Å². The van der Waals surface area contributed by atoms with E-state index in [0.29, 0.717) is 75.2 Å². The van der Waals surface area contributed by atoms with Crippen LogP contribution < -0.4 is 15.0 Å². The molecule has 0 saturated heterocycles. The number of phenolic OH excluding ortho intramolecular Hbond substituents is 1. The molecule has 0 bridgehead atoms. The first-order chi connectivity index (χ1) is 31.2. The Balaban J connectivity index is 1.34. The average Bonchev–Trinajstić information content (AvgIpc) is 3.46. The Morgan fingerprint density at radius 3 is 2.16 bits per heavy atom. The number of carbonyl (C=O) groups is 2. The van der Waals surface area contributed by atoms with Gasteiger partial charge in [-0.05, 0) is 136 Å². The van der Waals surface area contributed by atoms with E-state index in [-0.39, 0.29) is 27.9 Å². The van der Waals surface area contributed by atoms with Gasteiger partial charge in [0.15, 0.2) is 5.60 Å². The average molecular weight is 960 g/mol. The largest absolute Gasteiger partial charge is 0.507 e. The molecule has 362 valence electrons. The predicted octanol–water partition coefficient (Wildman–Crippen LogP) is 9.12. The molecule has 0 radical (unpaired) electrons. The van der Waals surface area contributed by atoms with Gasteiger partial charge in [-0.25, -0.2) is 0 Å². The Morgan fingerprint density at radius 2 is 1.49 bits per heavy atom. The molecule has 16 heteroatoms. The van der Waals surface area contributed by atoms with E-state index < -0.39 is 42.6 Å². The number of hydrogen-bond acceptors (Lipinski definition) is 10. The minimum Gasteiger partial charge on any atom is -0.507 e. The lowest BCUT2D eigenvalue weighted by atomic mass is 9.77. The molecule has 2 heterocycles. The number of amides is 1. The molecule has 5 N–H and O–H groups in total. The van der Waals surface area contributed by atoms with Gasteiger partial charge in [0.1, 0.15) is 11.5 Å². The quantitative estimate of drug-likeness (QED) is 0.0329. The van der Waals surface area contributed by atoms with Gasteiger partial charge in [-0.1, -0.05) is 70.6 Å². The molecule has 14 nitrogen and oxygen atoms in total. The summed E-state index contributed by atoms with van der Waals surface area (Å²) in [5.74, 6) is -0.199. The van der Waals surface area contributed by atoms with Crippen molar-refractivity contribution in [1.29, 1.82) is 0 Å². The van der Waals surface area contributed by atoms with E-state index in [9.17, 15) is 40.6 Å². The maximum absolute atomic E-state index is 13.6. The number of aliphatic imine (C=N–C) groups is 1. The number of nitrogens with one attached hydrogen (secondary N) is 1. The highest BCUT2D eigenvalue weighted by molar-refractivity contribution is 7.86. The van der Waals surface area contributed by atoms with Gasteiger partial charge in [-0.3, -0.25) is 23.7 Å². The van der Waals surface area contributed by atoms with Crippen LogP contribution in [-0.4, -0.2) is 79.0 Å². The van der Waals surface area contributed by atoms with E-state index >= 15 is 0 Å². The van der Waals surface area contributed by atoms with Gasteiger partial charge in [-0.2, -0.15) is 16.8 Å². The smallest absolute Gasteiger partial charge is 0.303 e. The highest BCUT2D eigenvalue weighted by atomic mass is 32.2. The molecule has 1 amide bonds. The molecule has 3 aromatic carbocycles. The first-order valence-electron chi connectivity index (χ1n) is 22.5. The third-order valence-corrected chi connectivity index (χ3v) is 14.8. The fourth-order valence-electron chi connectivity index (χ4n) is 8.87. The number of carbonyl (C=O) groups excluding carboxylic acids is 1. The number of nitrogens with zero attached hydrogens (tertiary/aromatic N) is 2. The SMILES string of the molecule is Cc1ccc(S(=O)(=O)O)cc1C(C)(C)C(/C=C/C=C/C=C/C=C1/N(CCCCCC(=O)O)c2ccc(S(=O)(=O)O)cc2C1(C)C)=N/CCCNC(=O)C1(C)CCc2c(C)c(O)c(C)c(C)c2O1. The molecule has 2 aliphatic heterocycles. The van der Waals surface area contributed by atoms with Crippen molar-refractivity contribution in [3.63, 3.8) is 0 Å². The second-order valence-electron chi connectivity index (χ2n) is 18.6. The number of aliphatic carboxylic acids is 1. The van der Waals surface area contributed by atoms with E-state index in [1.54, 1.807) is 19.1 Å². The third kappa shape index (κ3) is 12.0. The van der Waals surface area contributed by atoms with Crippen LogP contribution >= 0.6 is 0 Å². The number of anilines is 1. The molecule has 1 atom stereocenters. The van der Waals surface area contributed by atoms with Crippen LogP contribution in [0.3, 0.4) is 0 Å². The number of carboxylic acids is 1. The predicted molar refractivity (Wildman–Crippen MR) is 262 cm³/mol. The van der Waals surface area contributed by atoms with Crippen LogP contribution in [-0.2, 0) is 47.1 Å². The molecule has 0 aliphatic carbocycles. The summed E-state index contributed by atoms with van der Waals surface area (Å²) in [7, 11) is -8.91. The Bertz CT molecular complexity index is 2780. The maximum atomic E-state index is 13.6. The summed E-state index contributed by atoms with van der Waals surface area (Å²) in [4.78, 5) is 31.3. The summed E-state index contributed by atoms with van der Waals surface area (Å²) in [6, 6.07) is 9.02. The number of benzene rings is 3. The normalized spacial score (nSPS) is 18.2. The lowest BCUT2D eigenvalue weighted by Gasteiger charge is -2.36. The van der Waals surface area contributed by atoms with Crippen molar-refractivity contribution >= 4 is 43.5 Å². The Morgan fingerprint density at radius 1 is 0.851 bits per heavy atom. The van der Waals surface area contributed by atoms with E-state index in [0.717, 1.165) is 44.8 Å². The highest BCUT2D eigenvalue weighted by Crippen LogP contribution is 2.49. The molecule has 5 rings (SSSR count). The lowest BCUT2D eigenvalue weighted by Crippen LogP contribution is -2.51. The van der Waals surface area contributed by atoms with Crippen molar-refractivity contribution < 1.29 is 50.5 Å². The Hall–Kier alpha value is -5.55. The van der Waals surface area contributed by atoms with Gasteiger partial charge in [0.2, 0.25) is 0 Å². The number of allylic oxidation sites excluding steroid dienone is 8. The molecule has 0 spiro atoms. The second-order valence-corrected chi connectivity index (χ2v) is 21.5. The Labute approximate surface area is 395 Å². The van der Waals surface area contributed by atoms with Gasteiger partial charge in [-0.15, -0.1) is 0 Å². The van der Waals surface area contributed by atoms with Crippen LogP contribution in [0.4, 0.5) is 5.69 Å². The standard InChI is InChI=1S/C51H65N3O11S2/c1-33-22-23-37(66(59,60)61)31-40(33)49(5,6)43(52-28-18-29-53-48(58)51(9)27-26-39-36(4)46(57)34(2)35(3)47(39)65-51)19-14-11-10-12-15-20-44-50(7,8)41-32-38(67(62,63)64)24-25-42(41)54(44)30-17-13-16-21-45(55)56/h10-12,14-15,19-20,22-25,31-32,57H,13,16-18,21,26-30H2,1-9H3,(H,53,58)(H,55,56)(H,59,60,61)(H,62,63,64)/b11-10+,15-12+,19-14+,44-20+,52-43+. The zero-order valence-electron chi connectivity index (χ0n) is 39.9. The van der Waals surface area contributed by atoms with E-state index in [1.165, 1.54) is 24.3 Å². The molecule has 0 saturated carbocycles. The molecule has 0 fully saturated rings. The summed E-state index contributed by atoms with van der Waals surface area (Å²) in [5, 5.41) is 22.7. The number of rotatable bonds is 19. The highest BCUT2D eigenvalue weighted by Gasteiger charge is 2.42. The fraction of sp³-hybridized carbons (Fsp3) is 0.431. The van der Waals surface area contributed by atoms with E-state index in [1.807, 2.05) is 97.9 Å². The summed E-state index contributed by atoms with van der Waals surface area (Å²) >= 11 is 0. The number of hydrogen-bond donors (Lipinski definition) is 5. The molecule has 0 aromatic heterocycles. The van der Waals surface area contributed by atoms with E-state index in [2.05, 4.69) is 10.2 Å². The van der Waals surface area contributed by atoms with Crippen LogP contribution in [0.15, 0.2) is 99.4 Å². The second kappa shape index (κ2) is 20.8.